The van der Waals surface area contributed by atoms with Gasteiger partial charge in [0, 0.05) is 12.6 Å². The van der Waals surface area contributed by atoms with Crippen molar-refractivity contribution in [2.45, 2.75) is 25.8 Å². The molecule has 2 rings (SSSR count). The first-order valence-electron chi connectivity index (χ1n) is 4.75. The highest BCUT2D eigenvalue weighted by Gasteiger charge is 2.20. The summed E-state index contributed by atoms with van der Waals surface area (Å²) in [6.07, 6.45) is 4.42. The predicted molar refractivity (Wildman–Crippen MR) is 54.7 cm³/mol. The van der Waals surface area contributed by atoms with Gasteiger partial charge in [-0.1, -0.05) is 0 Å². The van der Waals surface area contributed by atoms with Crippen LogP contribution in [-0.4, -0.2) is 17.6 Å². The fourth-order valence-corrected chi connectivity index (χ4v) is 1.88. The number of nitrogens with two attached hydrogens (primary N) is 1. The standard InChI is InChI=1S/C10H15N3/c1-8-3-2-6-13(8)9-4-5-10(11)12-7-9/h4-5,7-8H,2-3,6H2,1H3,(H2,11,12)/t8-/m0/s1. The van der Waals surface area contributed by atoms with Crippen molar-refractivity contribution < 1.29 is 0 Å². The number of hydrogen-bond donors (Lipinski definition) is 1. The molecule has 1 atom stereocenters. The minimum atomic E-state index is 0.593. The second kappa shape index (κ2) is 3.24. The van der Waals surface area contributed by atoms with Crippen LogP contribution in [0.25, 0.3) is 0 Å². The van der Waals surface area contributed by atoms with Crippen molar-refractivity contribution in [2.24, 2.45) is 0 Å². The Hall–Kier alpha value is -1.25. The fourth-order valence-electron chi connectivity index (χ4n) is 1.88. The van der Waals surface area contributed by atoms with Crippen molar-refractivity contribution in [2.75, 3.05) is 17.2 Å². The molecule has 0 saturated carbocycles. The summed E-state index contributed by atoms with van der Waals surface area (Å²) in [6, 6.07) is 4.55. The van der Waals surface area contributed by atoms with Crippen LogP contribution in [0, 0.1) is 0 Å². The lowest BCUT2D eigenvalue weighted by Gasteiger charge is -2.23. The summed E-state index contributed by atoms with van der Waals surface area (Å²) in [6.45, 7) is 3.40. The summed E-state index contributed by atoms with van der Waals surface area (Å²) < 4.78 is 0. The molecule has 0 bridgehead atoms. The SMILES string of the molecule is C[C@H]1CCCN1c1ccc(N)nc1. The summed E-state index contributed by atoms with van der Waals surface area (Å²) in [5.74, 6) is 0.593. The van der Waals surface area contributed by atoms with Crippen molar-refractivity contribution >= 4 is 11.5 Å². The molecule has 1 aliphatic heterocycles. The molecule has 1 aliphatic rings. The largest absolute Gasteiger partial charge is 0.384 e. The zero-order valence-corrected chi connectivity index (χ0v) is 7.90. The van der Waals surface area contributed by atoms with Gasteiger partial charge in [0.05, 0.1) is 11.9 Å². The van der Waals surface area contributed by atoms with Gasteiger partial charge in [-0.15, -0.1) is 0 Å². The van der Waals surface area contributed by atoms with Crippen molar-refractivity contribution in [3.8, 4) is 0 Å². The second-order valence-electron chi connectivity index (χ2n) is 3.63. The first-order valence-corrected chi connectivity index (χ1v) is 4.75. The minimum Gasteiger partial charge on any atom is -0.384 e. The lowest BCUT2D eigenvalue weighted by atomic mass is 10.2. The van der Waals surface area contributed by atoms with E-state index in [2.05, 4.69) is 16.8 Å². The lowest BCUT2D eigenvalue weighted by Crippen LogP contribution is -2.26. The quantitative estimate of drug-likeness (QED) is 0.709. The number of pyridine rings is 1. The molecule has 0 radical (unpaired) electrons. The number of aromatic nitrogens is 1. The van der Waals surface area contributed by atoms with E-state index in [0.717, 1.165) is 6.54 Å². The fraction of sp³-hybridized carbons (Fsp3) is 0.500. The summed E-state index contributed by atoms with van der Waals surface area (Å²) in [7, 11) is 0. The van der Waals surface area contributed by atoms with Gasteiger partial charge >= 0.3 is 0 Å². The van der Waals surface area contributed by atoms with Gasteiger partial charge in [-0.05, 0) is 31.9 Å². The normalized spacial score (nSPS) is 22.2. The van der Waals surface area contributed by atoms with Crippen molar-refractivity contribution in [3.63, 3.8) is 0 Å². The van der Waals surface area contributed by atoms with Crippen LogP contribution in [0.4, 0.5) is 11.5 Å². The van der Waals surface area contributed by atoms with Crippen LogP contribution in [0.1, 0.15) is 19.8 Å². The molecule has 1 aromatic heterocycles. The van der Waals surface area contributed by atoms with Gasteiger partial charge in [-0.3, -0.25) is 0 Å². The molecule has 1 aromatic rings. The number of rotatable bonds is 1. The molecule has 3 heteroatoms. The molecule has 70 valence electrons. The maximum atomic E-state index is 5.53. The minimum absolute atomic E-state index is 0.593. The Morgan fingerprint density at radius 2 is 2.38 bits per heavy atom. The number of hydrogen-bond acceptors (Lipinski definition) is 3. The van der Waals surface area contributed by atoms with E-state index in [9.17, 15) is 0 Å². The molecule has 3 nitrogen and oxygen atoms in total. The van der Waals surface area contributed by atoms with Crippen LogP contribution >= 0.6 is 0 Å². The molecular formula is C10H15N3. The Labute approximate surface area is 78.6 Å². The van der Waals surface area contributed by atoms with Crippen LogP contribution in [0.3, 0.4) is 0 Å². The Balaban J connectivity index is 2.20. The molecule has 2 N–H and O–H groups in total. The molecule has 0 amide bonds. The molecule has 0 aromatic carbocycles. The zero-order chi connectivity index (χ0) is 9.26. The number of anilines is 2. The predicted octanol–water partition coefficient (Wildman–Crippen LogP) is 1.65. The lowest BCUT2D eigenvalue weighted by molar-refractivity contribution is 0.734. The zero-order valence-electron chi connectivity index (χ0n) is 7.90. The van der Waals surface area contributed by atoms with Crippen LogP contribution in [0.15, 0.2) is 18.3 Å². The summed E-state index contributed by atoms with van der Waals surface area (Å²) in [4.78, 5) is 6.48. The van der Waals surface area contributed by atoms with Gasteiger partial charge in [0.25, 0.3) is 0 Å². The van der Waals surface area contributed by atoms with E-state index in [1.807, 2.05) is 18.3 Å². The van der Waals surface area contributed by atoms with E-state index in [4.69, 9.17) is 5.73 Å². The highest BCUT2D eigenvalue weighted by Crippen LogP contribution is 2.24. The number of nitrogen functional groups attached to an aromatic ring is 1. The Morgan fingerprint density at radius 1 is 1.54 bits per heavy atom. The topological polar surface area (TPSA) is 42.1 Å². The number of nitrogens with zero attached hydrogens (tertiary/aromatic N) is 2. The van der Waals surface area contributed by atoms with Crippen molar-refractivity contribution in [1.29, 1.82) is 0 Å². The van der Waals surface area contributed by atoms with Gasteiger partial charge in [0.1, 0.15) is 5.82 Å². The average molecular weight is 177 g/mol. The molecule has 1 saturated heterocycles. The van der Waals surface area contributed by atoms with Crippen LogP contribution < -0.4 is 10.6 Å². The molecule has 2 heterocycles. The van der Waals surface area contributed by atoms with Gasteiger partial charge in [0.2, 0.25) is 0 Å². The average Bonchev–Trinajstić information content (AvgIpc) is 2.53. The summed E-state index contributed by atoms with van der Waals surface area (Å²) in [5.41, 5.74) is 6.72. The molecule has 13 heavy (non-hydrogen) atoms. The first kappa shape index (κ1) is 8.35. The smallest absolute Gasteiger partial charge is 0.123 e. The van der Waals surface area contributed by atoms with Crippen molar-refractivity contribution in [1.82, 2.24) is 4.98 Å². The third-order valence-corrected chi connectivity index (χ3v) is 2.66. The van der Waals surface area contributed by atoms with Gasteiger partial charge in [-0.2, -0.15) is 0 Å². The summed E-state index contributed by atoms with van der Waals surface area (Å²) >= 11 is 0. The second-order valence-corrected chi connectivity index (χ2v) is 3.63. The van der Waals surface area contributed by atoms with E-state index < -0.39 is 0 Å². The maximum Gasteiger partial charge on any atom is 0.123 e. The van der Waals surface area contributed by atoms with Crippen molar-refractivity contribution in [3.05, 3.63) is 18.3 Å². The first-order chi connectivity index (χ1) is 6.27. The highest BCUT2D eigenvalue weighted by atomic mass is 15.2. The van der Waals surface area contributed by atoms with E-state index in [1.165, 1.54) is 18.5 Å². The molecule has 0 unspecified atom stereocenters. The van der Waals surface area contributed by atoms with E-state index in [0.29, 0.717) is 11.9 Å². The molecule has 0 spiro atoms. The Morgan fingerprint density at radius 3 is 2.92 bits per heavy atom. The summed E-state index contributed by atoms with van der Waals surface area (Å²) in [5, 5.41) is 0. The molecular weight excluding hydrogens is 162 g/mol. The maximum absolute atomic E-state index is 5.53. The third-order valence-electron chi connectivity index (χ3n) is 2.66. The van der Waals surface area contributed by atoms with Crippen LogP contribution in [0.2, 0.25) is 0 Å². The van der Waals surface area contributed by atoms with Crippen LogP contribution in [-0.2, 0) is 0 Å². The molecule has 0 aliphatic carbocycles. The van der Waals surface area contributed by atoms with Gasteiger partial charge in [-0.25, -0.2) is 4.98 Å². The van der Waals surface area contributed by atoms with E-state index >= 15 is 0 Å². The van der Waals surface area contributed by atoms with E-state index in [-0.39, 0.29) is 0 Å². The highest BCUT2D eigenvalue weighted by molar-refractivity contribution is 5.49. The van der Waals surface area contributed by atoms with Gasteiger partial charge < -0.3 is 10.6 Å². The van der Waals surface area contributed by atoms with Crippen LogP contribution in [0.5, 0.6) is 0 Å². The monoisotopic (exact) mass is 177 g/mol. The molecule has 1 fully saturated rings. The van der Waals surface area contributed by atoms with Gasteiger partial charge in [0.15, 0.2) is 0 Å². The third kappa shape index (κ3) is 1.59. The van der Waals surface area contributed by atoms with E-state index in [1.54, 1.807) is 0 Å². The Kier molecular flexibility index (Phi) is 2.08. The Bertz CT molecular complexity index is 281.